The van der Waals surface area contributed by atoms with Crippen molar-refractivity contribution in [1.82, 2.24) is 15.0 Å². The summed E-state index contributed by atoms with van der Waals surface area (Å²) in [6.07, 6.45) is 2.41. The van der Waals surface area contributed by atoms with E-state index in [1.165, 1.54) is 11.8 Å². The zero-order chi connectivity index (χ0) is 16.2. The Balaban J connectivity index is 1.73. The van der Waals surface area contributed by atoms with Crippen molar-refractivity contribution in [2.45, 2.75) is 23.8 Å². The molecule has 0 spiro atoms. The molecular formula is C16H15BrN4OS. The maximum Gasteiger partial charge on any atom is 0.237 e. The third kappa shape index (κ3) is 3.92. The highest BCUT2D eigenvalue weighted by molar-refractivity contribution is 9.10. The number of H-pyrrole nitrogens is 1. The lowest BCUT2D eigenvalue weighted by Gasteiger charge is -2.13. The van der Waals surface area contributed by atoms with Gasteiger partial charge in [0.05, 0.1) is 10.8 Å². The van der Waals surface area contributed by atoms with Crippen molar-refractivity contribution in [2.24, 2.45) is 0 Å². The monoisotopic (exact) mass is 390 g/mol. The second kappa shape index (κ2) is 7.14. The molecule has 3 rings (SSSR count). The van der Waals surface area contributed by atoms with Gasteiger partial charge in [-0.1, -0.05) is 36.9 Å². The summed E-state index contributed by atoms with van der Waals surface area (Å²) < 4.78 is 0.888. The maximum absolute atomic E-state index is 12.4. The molecule has 1 amide bonds. The van der Waals surface area contributed by atoms with Crippen LogP contribution in [0.15, 0.2) is 52.2 Å². The quantitative estimate of drug-likeness (QED) is 0.639. The third-order valence-electron chi connectivity index (χ3n) is 3.24. The molecule has 0 bridgehead atoms. The summed E-state index contributed by atoms with van der Waals surface area (Å²) in [6.45, 7) is 1.99. The van der Waals surface area contributed by atoms with Gasteiger partial charge >= 0.3 is 0 Å². The molecule has 1 aromatic carbocycles. The van der Waals surface area contributed by atoms with Crippen molar-refractivity contribution < 1.29 is 4.79 Å². The van der Waals surface area contributed by atoms with Gasteiger partial charge in [-0.2, -0.15) is 0 Å². The molecule has 0 radical (unpaired) electrons. The van der Waals surface area contributed by atoms with E-state index in [0.29, 0.717) is 17.2 Å². The molecule has 0 fully saturated rings. The number of hydrogen-bond donors (Lipinski definition) is 2. The summed E-state index contributed by atoms with van der Waals surface area (Å²) >= 11 is 4.80. The number of thioether (sulfide) groups is 1. The van der Waals surface area contributed by atoms with E-state index in [1.54, 1.807) is 6.20 Å². The number of aromatic amines is 1. The minimum atomic E-state index is -0.223. The van der Waals surface area contributed by atoms with Crippen molar-refractivity contribution in [1.29, 1.82) is 0 Å². The average Bonchev–Trinajstić information content (AvgIpc) is 2.95. The highest BCUT2D eigenvalue weighted by Crippen LogP contribution is 2.26. The molecule has 2 N–H and O–H groups in total. The summed E-state index contributed by atoms with van der Waals surface area (Å²) in [6, 6.07) is 11.4. The molecule has 2 heterocycles. The van der Waals surface area contributed by atoms with Gasteiger partial charge in [-0.3, -0.25) is 4.79 Å². The number of fused-ring (bicyclic) bond motifs is 1. The summed E-state index contributed by atoms with van der Waals surface area (Å²) in [5, 5.41) is 3.40. The number of nitrogens with one attached hydrogen (secondary N) is 2. The van der Waals surface area contributed by atoms with Gasteiger partial charge in [0.25, 0.3) is 0 Å². The molecule has 7 heteroatoms. The number of imidazole rings is 1. The number of carbonyl (C=O) groups is 1. The van der Waals surface area contributed by atoms with Crippen molar-refractivity contribution in [3.8, 4) is 0 Å². The van der Waals surface area contributed by atoms with E-state index in [2.05, 4.69) is 36.2 Å². The molecule has 0 saturated heterocycles. The Labute approximate surface area is 146 Å². The van der Waals surface area contributed by atoms with Crippen LogP contribution in [-0.4, -0.2) is 26.1 Å². The molecule has 0 unspecified atom stereocenters. The first-order valence-electron chi connectivity index (χ1n) is 7.19. The van der Waals surface area contributed by atoms with Crippen LogP contribution in [0, 0.1) is 0 Å². The van der Waals surface area contributed by atoms with E-state index >= 15 is 0 Å². The number of carbonyl (C=O) groups excluding carboxylic acids is 1. The van der Waals surface area contributed by atoms with Crippen LogP contribution in [0.1, 0.15) is 13.3 Å². The van der Waals surface area contributed by atoms with Crippen LogP contribution >= 0.6 is 27.7 Å². The van der Waals surface area contributed by atoms with Crippen LogP contribution < -0.4 is 5.32 Å². The molecule has 5 nitrogen and oxygen atoms in total. The van der Waals surface area contributed by atoms with Gasteiger partial charge in [0.1, 0.15) is 0 Å². The Bertz CT molecular complexity index is 821. The van der Waals surface area contributed by atoms with E-state index in [0.717, 1.165) is 15.7 Å². The fourth-order valence-corrected chi connectivity index (χ4v) is 3.35. The Kier molecular flexibility index (Phi) is 4.97. The highest BCUT2D eigenvalue weighted by atomic mass is 79.9. The van der Waals surface area contributed by atoms with Gasteiger partial charge < -0.3 is 10.3 Å². The lowest BCUT2D eigenvalue weighted by atomic mass is 10.3. The topological polar surface area (TPSA) is 70.7 Å². The first-order chi connectivity index (χ1) is 11.2. The van der Waals surface area contributed by atoms with Crippen LogP contribution in [0.4, 0.5) is 5.69 Å². The van der Waals surface area contributed by atoms with Gasteiger partial charge in [-0.15, -0.1) is 0 Å². The number of rotatable bonds is 5. The Morgan fingerprint density at radius 1 is 1.39 bits per heavy atom. The van der Waals surface area contributed by atoms with Gasteiger partial charge in [0.2, 0.25) is 5.91 Å². The number of pyridine rings is 1. The fraction of sp³-hybridized carbons (Fsp3) is 0.188. The van der Waals surface area contributed by atoms with Crippen molar-refractivity contribution in [3.05, 3.63) is 47.1 Å². The SMILES string of the molecule is CC[C@H](Sc1nc2ncc(Br)cc2[nH]1)C(=O)Nc1ccccc1. The first kappa shape index (κ1) is 16.0. The van der Waals surface area contributed by atoms with Crippen molar-refractivity contribution >= 4 is 50.5 Å². The molecule has 3 aromatic rings. The number of halogens is 1. The number of nitrogens with zero attached hydrogens (tertiary/aromatic N) is 2. The Morgan fingerprint density at radius 3 is 2.91 bits per heavy atom. The van der Waals surface area contributed by atoms with Crippen molar-refractivity contribution in [2.75, 3.05) is 5.32 Å². The number of para-hydroxylation sites is 1. The minimum absolute atomic E-state index is 0.0294. The molecule has 0 aliphatic carbocycles. The lowest BCUT2D eigenvalue weighted by molar-refractivity contribution is -0.115. The molecule has 1 atom stereocenters. The third-order valence-corrected chi connectivity index (χ3v) is 4.92. The van der Waals surface area contributed by atoms with Crippen LogP contribution in [0.25, 0.3) is 11.2 Å². The van der Waals surface area contributed by atoms with E-state index in [4.69, 9.17) is 0 Å². The molecule has 0 aliphatic heterocycles. The van der Waals surface area contributed by atoms with Crippen LogP contribution in [0.2, 0.25) is 0 Å². The smallest absolute Gasteiger partial charge is 0.237 e. The van der Waals surface area contributed by atoms with E-state index in [-0.39, 0.29) is 11.2 Å². The molecule has 0 aliphatic rings. The van der Waals surface area contributed by atoms with Crippen molar-refractivity contribution in [3.63, 3.8) is 0 Å². The Hall–Kier alpha value is -1.86. The predicted molar refractivity (Wildman–Crippen MR) is 96.6 cm³/mol. The standard InChI is InChI=1S/C16H15BrN4OS/c1-2-13(15(22)19-11-6-4-3-5-7-11)23-16-20-12-8-10(17)9-18-14(12)21-16/h3-9,13H,2H2,1H3,(H,19,22)(H,18,20,21)/t13-/m0/s1. The number of aromatic nitrogens is 3. The van der Waals surface area contributed by atoms with Crippen LogP contribution in [0.3, 0.4) is 0 Å². The predicted octanol–water partition coefficient (Wildman–Crippen LogP) is 4.23. The van der Waals surface area contributed by atoms with Gasteiger partial charge in [0, 0.05) is 16.4 Å². The summed E-state index contributed by atoms with van der Waals surface area (Å²) in [5.74, 6) is -0.0294. The zero-order valence-corrected chi connectivity index (χ0v) is 14.8. The number of amides is 1. The second-order valence-corrected chi connectivity index (χ2v) is 7.04. The summed E-state index contributed by atoms with van der Waals surface area (Å²) in [5.41, 5.74) is 2.29. The highest BCUT2D eigenvalue weighted by Gasteiger charge is 2.20. The van der Waals surface area contributed by atoms with Gasteiger partial charge in [-0.05, 0) is 40.5 Å². The van der Waals surface area contributed by atoms with Gasteiger partial charge in [0.15, 0.2) is 10.8 Å². The number of anilines is 1. The van der Waals surface area contributed by atoms with E-state index in [1.807, 2.05) is 43.3 Å². The average molecular weight is 391 g/mol. The molecular weight excluding hydrogens is 376 g/mol. The lowest BCUT2D eigenvalue weighted by Crippen LogP contribution is -2.24. The van der Waals surface area contributed by atoms with Crippen LogP contribution in [-0.2, 0) is 4.79 Å². The normalized spacial score (nSPS) is 12.3. The van der Waals surface area contributed by atoms with Gasteiger partial charge in [-0.25, -0.2) is 9.97 Å². The van der Waals surface area contributed by atoms with E-state index in [9.17, 15) is 4.79 Å². The Morgan fingerprint density at radius 2 is 2.17 bits per heavy atom. The largest absolute Gasteiger partial charge is 0.331 e. The van der Waals surface area contributed by atoms with E-state index < -0.39 is 0 Å². The fourth-order valence-electron chi connectivity index (χ4n) is 2.11. The molecule has 118 valence electrons. The minimum Gasteiger partial charge on any atom is -0.331 e. The first-order valence-corrected chi connectivity index (χ1v) is 8.87. The maximum atomic E-state index is 12.4. The molecule has 23 heavy (non-hydrogen) atoms. The summed E-state index contributed by atoms with van der Waals surface area (Å²) in [4.78, 5) is 24.3. The van der Waals surface area contributed by atoms with Crippen LogP contribution in [0.5, 0.6) is 0 Å². The second-order valence-electron chi connectivity index (χ2n) is 4.94. The number of benzene rings is 1. The zero-order valence-electron chi connectivity index (χ0n) is 12.4. The molecule has 0 saturated carbocycles. The molecule has 2 aromatic heterocycles. The summed E-state index contributed by atoms with van der Waals surface area (Å²) in [7, 11) is 0. The number of hydrogen-bond acceptors (Lipinski definition) is 4.